The van der Waals surface area contributed by atoms with Crippen molar-refractivity contribution in [3.8, 4) is 0 Å². The highest BCUT2D eigenvalue weighted by Crippen LogP contribution is 2.41. The minimum atomic E-state index is -0.928. The Labute approximate surface area is 298 Å². The van der Waals surface area contributed by atoms with Gasteiger partial charge in [0.2, 0.25) is 0 Å². The Kier molecular flexibility index (Phi) is 10.6. The molecule has 2 unspecified atom stereocenters. The number of ether oxygens (including phenoxy) is 2. The van der Waals surface area contributed by atoms with Gasteiger partial charge in [0.15, 0.2) is 0 Å². The molecule has 0 radical (unpaired) electrons. The topological polar surface area (TPSA) is 114 Å². The Morgan fingerprint density at radius 2 is 1.33 bits per heavy atom. The van der Waals surface area contributed by atoms with Gasteiger partial charge in [-0.1, -0.05) is 84.9 Å². The van der Waals surface area contributed by atoms with E-state index in [9.17, 15) is 19.7 Å². The summed E-state index contributed by atoms with van der Waals surface area (Å²) in [5, 5.41) is 14.7. The van der Waals surface area contributed by atoms with Crippen molar-refractivity contribution in [3.63, 3.8) is 0 Å². The van der Waals surface area contributed by atoms with Crippen LogP contribution in [0.5, 0.6) is 0 Å². The fourth-order valence-corrected chi connectivity index (χ4v) is 7.17. The monoisotopic (exact) mass is 686 g/mol. The van der Waals surface area contributed by atoms with Crippen LogP contribution in [0.2, 0.25) is 0 Å². The molecule has 0 saturated carbocycles. The van der Waals surface area contributed by atoms with Crippen molar-refractivity contribution in [3.05, 3.63) is 164 Å². The van der Waals surface area contributed by atoms with E-state index < -0.39 is 28.9 Å². The number of allylic oxidation sites excluding steroid dienone is 2. The van der Waals surface area contributed by atoms with Crippen LogP contribution in [0.25, 0.3) is 0 Å². The van der Waals surface area contributed by atoms with Crippen LogP contribution in [0.4, 0.5) is 11.4 Å². The Bertz CT molecular complexity index is 1910. The number of piperazine rings is 1. The summed E-state index contributed by atoms with van der Waals surface area (Å²) in [5.41, 5.74) is 6.09. The smallest absolute Gasteiger partial charge is 0.337 e. The number of benzene rings is 4. The van der Waals surface area contributed by atoms with Gasteiger partial charge in [-0.05, 0) is 55.2 Å². The van der Waals surface area contributed by atoms with E-state index in [2.05, 4.69) is 87.9 Å². The average Bonchev–Trinajstić information content (AvgIpc) is 3.15. The molecule has 262 valence electrons. The predicted molar refractivity (Wildman–Crippen MR) is 196 cm³/mol. The Hall–Kier alpha value is -5.74. The summed E-state index contributed by atoms with van der Waals surface area (Å²) < 4.78 is 11.1. The van der Waals surface area contributed by atoms with Gasteiger partial charge in [0.1, 0.15) is 6.10 Å². The molecule has 10 heteroatoms. The van der Waals surface area contributed by atoms with Crippen molar-refractivity contribution in [1.82, 2.24) is 10.2 Å². The molecule has 0 aliphatic carbocycles. The minimum Gasteiger partial charge on any atom is -0.466 e. The van der Waals surface area contributed by atoms with Gasteiger partial charge in [-0.25, -0.2) is 9.59 Å². The number of nitrogens with zero attached hydrogens (tertiary/aromatic N) is 3. The molecule has 0 spiro atoms. The number of esters is 2. The first-order valence-corrected chi connectivity index (χ1v) is 17.1. The molecule has 2 atom stereocenters. The molecule has 1 saturated heterocycles. The van der Waals surface area contributed by atoms with Crippen molar-refractivity contribution >= 4 is 23.3 Å². The first-order valence-electron chi connectivity index (χ1n) is 17.1. The van der Waals surface area contributed by atoms with E-state index in [1.807, 2.05) is 12.1 Å². The summed E-state index contributed by atoms with van der Waals surface area (Å²) in [6.45, 7) is 8.77. The average molecular weight is 687 g/mol. The molecule has 10 nitrogen and oxygen atoms in total. The second kappa shape index (κ2) is 15.4. The predicted octanol–water partition coefficient (Wildman–Crippen LogP) is 7.22. The van der Waals surface area contributed by atoms with Crippen LogP contribution in [0.1, 0.15) is 61.1 Å². The first-order chi connectivity index (χ1) is 24.7. The lowest BCUT2D eigenvalue weighted by Gasteiger charge is -2.40. The van der Waals surface area contributed by atoms with Crippen molar-refractivity contribution in [2.24, 2.45) is 0 Å². The van der Waals surface area contributed by atoms with E-state index in [4.69, 9.17) is 9.47 Å². The Morgan fingerprint density at radius 1 is 0.765 bits per heavy atom. The van der Waals surface area contributed by atoms with Crippen molar-refractivity contribution in [2.45, 2.75) is 38.8 Å². The number of non-ortho nitro benzene ring substituents is 1. The van der Waals surface area contributed by atoms with Crippen LogP contribution in [0.3, 0.4) is 0 Å². The van der Waals surface area contributed by atoms with Gasteiger partial charge in [0.05, 0.1) is 35.1 Å². The molecular formula is C41H42N4O6. The normalized spacial score (nSPS) is 17.2. The molecule has 4 aromatic carbocycles. The fourth-order valence-electron chi connectivity index (χ4n) is 7.17. The second-order valence-electron chi connectivity index (χ2n) is 12.9. The third-order valence-corrected chi connectivity index (χ3v) is 9.72. The van der Waals surface area contributed by atoms with Crippen molar-refractivity contribution in [1.29, 1.82) is 0 Å². The van der Waals surface area contributed by atoms with Gasteiger partial charge in [-0.15, -0.1) is 0 Å². The number of carbonyl (C=O) groups excluding carboxylic acids is 2. The summed E-state index contributed by atoms with van der Waals surface area (Å²) in [6.07, 6.45) is -0.611. The third kappa shape index (κ3) is 7.56. The van der Waals surface area contributed by atoms with Gasteiger partial charge in [0.25, 0.3) is 5.69 Å². The highest BCUT2D eigenvalue weighted by molar-refractivity contribution is 6.00. The highest BCUT2D eigenvalue weighted by Gasteiger charge is 2.39. The van der Waals surface area contributed by atoms with E-state index in [0.717, 1.165) is 37.4 Å². The largest absolute Gasteiger partial charge is 0.466 e. The molecule has 0 amide bonds. The van der Waals surface area contributed by atoms with Crippen LogP contribution in [0, 0.1) is 10.1 Å². The quantitative estimate of drug-likeness (QED) is 0.105. The zero-order valence-electron chi connectivity index (χ0n) is 29.2. The van der Waals surface area contributed by atoms with E-state index >= 15 is 0 Å². The maximum atomic E-state index is 13.9. The molecule has 51 heavy (non-hydrogen) atoms. The lowest BCUT2D eigenvalue weighted by Crippen LogP contribution is -2.48. The zero-order chi connectivity index (χ0) is 36.1. The molecular weight excluding hydrogens is 644 g/mol. The van der Waals surface area contributed by atoms with Gasteiger partial charge < -0.3 is 19.7 Å². The minimum absolute atomic E-state index is 0.152. The van der Waals surface area contributed by atoms with Crippen LogP contribution in [-0.2, 0) is 19.1 Å². The molecule has 1 N–H and O–H groups in total. The zero-order valence-corrected chi connectivity index (χ0v) is 29.2. The number of rotatable bonds is 10. The van der Waals surface area contributed by atoms with E-state index in [0.29, 0.717) is 17.0 Å². The number of nitrogens with one attached hydrogen (secondary N) is 1. The summed E-state index contributed by atoms with van der Waals surface area (Å²) >= 11 is 0. The number of anilines is 1. The maximum Gasteiger partial charge on any atom is 0.337 e. The van der Waals surface area contributed by atoms with Gasteiger partial charge in [-0.3, -0.25) is 15.0 Å². The number of hydrogen-bond acceptors (Lipinski definition) is 9. The first kappa shape index (κ1) is 35.1. The number of nitro groups is 1. The van der Waals surface area contributed by atoms with E-state index in [-0.39, 0.29) is 22.9 Å². The lowest BCUT2D eigenvalue weighted by molar-refractivity contribution is -0.384. The number of dihydropyridines is 1. The lowest BCUT2D eigenvalue weighted by atomic mass is 9.80. The highest BCUT2D eigenvalue weighted by atomic mass is 16.6. The summed E-state index contributed by atoms with van der Waals surface area (Å²) in [4.78, 5) is 42.9. The molecule has 0 bridgehead atoms. The van der Waals surface area contributed by atoms with Crippen molar-refractivity contribution < 1.29 is 24.0 Å². The standard InChI is InChI=1S/C41H42N4O6/c1-27-36(40(46)50-4)38(33-16-11-17-35(26-33)45(48)49)37(28(2)42-27)41(47)51-29(3)30-18-20-34(21-19-30)43-22-24-44(25-23-43)39(31-12-7-5-8-13-31)32-14-9-6-10-15-32/h5-21,26,29,38-39,42H,22-25H2,1-4H3. The van der Waals surface area contributed by atoms with E-state index in [1.54, 1.807) is 26.8 Å². The van der Waals surface area contributed by atoms with Crippen LogP contribution >= 0.6 is 0 Å². The number of carbonyl (C=O) groups is 2. The summed E-state index contributed by atoms with van der Waals surface area (Å²) in [7, 11) is 1.26. The molecule has 4 aromatic rings. The van der Waals surface area contributed by atoms with Crippen molar-refractivity contribution in [2.75, 3.05) is 38.2 Å². The van der Waals surface area contributed by atoms with Gasteiger partial charge in [-0.2, -0.15) is 0 Å². The molecule has 6 rings (SSSR count). The SMILES string of the molecule is COC(=O)C1=C(C)NC(C)=C(C(=O)OC(C)c2ccc(N3CCN(C(c4ccccc4)c4ccccc4)CC3)cc2)C1c1cccc([N+](=O)[O-])c1. The molecule has 2 aliphatic rings. The van der Waals surface area contributed by atoms with Gasteiger partial charge in [0, 0.05) is 55.4 Å². The Morgan fingerprint density at radius 3 is 1.88 bits per heavy atom. The summed E-state index contributed by atoms with van der Waals surface area (Å²) in [6, 6.07) is 35.5. The van der Waals surface area contributed by atoms with Crippen LogP contribution < -0.4 is 10.2 Å². The second-order valence-corrected chi connectivity index (χ2v) is 12.9. The molecule has 0 aromatic heterocycles. The maximum absolute atomic E-state index is 13.9. The fraction of sp³-hybridized carbons (Fsp3) is 0.268. The molecule has 2 heterocycles. The van der Waals surface area contributed by atoms with Crippen LogP contribution in [0.15, 0.2) is 132 Å². The molecule has 2 aliphatic heterocycles. The van der Waals surface area contributed by atoms with Crippen LogP contribution in [-0.4, -0.2) is 55.1 Å². The van der Waals surface area contributed by atoms with E-state index in [1.165, 1.54) is 36.4 Å². The number of methoxy groups -OCH3 is 1. The third-order valence-electron chi connectivity index (χ3n) is 9.72. The number of hydrogen-bond donors (Lipinski definition) is 1. The summed E-state index contributed by atoms with van der Waals surface area (Å²) in [5.74, 6) is -2.21. The number of nitro benzene ring substituents is 1. The molecule has 1 fully saturated rings. The Balaban J connectivity index is 1.16. The van der Waals surface area contributed by atoms with Gasteiger partial charge >= 0.3 is 11.9 Å².